The van der Waals surface area contributed by atoms with Crippen molar-refractivity contribution in [2.75, 3.05) is 34.3 Å². The molecule has 2 heterocycles. The molecule has 0 saturated carbocycles. The van der Waals surface area contributed by atoms with Crippen molar-refractivity contribution >= 4 is 12.1 Å². The Morgan fingerprint density at radius 1 is 1.36 bits per heavy atom. The van der Waals surface area contributed by atoms with E-state index in [2.05, 4.69) is 5.32 Å². The Bertz CT molecular complexity index is 1040. The largest absolute Gasteiger partial charge is 0.457 e. The summed E-state index contributed by atoms with van der Waals surface area (Å²) in [4.78, 5) is 27.3. The number of ether oxygens (including phenoxy) is 4. The van der Waals surface area contributed by atoms with Crippen LogP contribution in [0.25, 0.3) is 0 Å². The van der Waals surface area contributed by atoms with Crippen molar-refractivity contribution in [2.24, 2.45) is 11.8 Å². The van der Waals surface area contributed by atoms with Crippen LogP contribution in [-0.4, -0.2) is 114 Å². The highest BCUT2D eigenvalue weighted by Gasteiger charge is 2.47. The summed E-state index contributed by atoms with van der Waals surface area (Å²) in [7, 11) is 5.01. The van der Waals surface area contributed by atoms with Crippen molar-refractivity contribution in [3.05, 3.63) is 36.0 Å². The standard InChI is InChI=1S/C34H58N2O9/c1-10-26(38)24(4)31-27(43-31)21-33(5,41)16-11-12-22(2)30-23(3)13-14-28(44-32(40)36(8)19-18-35-7)34(6,42-9)17-15-25(37)20-29(39)45-30/h11-14,16,23-28,30-31,35,37-38,41H,10,15,17-21H2,1-9H3/b14-13+,16-11+,22-12+/t23-,24+,25-,26+,27+,28-,30+,31+,33+,34-/m0/s1. The molecule has 2 rings (SSSR count). The number of likely N-dealkylation sites (N-methyl/N-ethyl adjacent to an activating group) is 2. The SMILES string of the molecule is CC[C@@H](O)[C@@H](C)[C@H]1O[C@@H]1C[C@](C)(O)/C=C/C=C(\C)[C@H]1OC(=O)C[C@@H](O)CC[C@](C)(OC)[C@@H](OC(=O)N(C)CCNC)/C=C/[C@@H]1C. The Labute approximate surface area is 269 Å². The maximum absolute atomic E-state index is 12.9. The van der Waals surface area contributed by atoms with E-state index in [-0.39, 0.29) is 36.9 Å². The Balaban J connectivity index is 2.26. The van der Waals surface area contributed by atoms with Gasteiger partial charge >= 0.3 is 12.1 Å². The molecule has 0 aromatic heterocycles. The number of nitrogens with zero attached hydrogens (tertiary/aromatic N) is 1. The van der Waals surface area contributed by atoms with Gasteiger partial charge in [-0.15, -0.1) is 0 Å². The first-order valence-electron chi connectivity index (χ1n) is 16.2. The van der Waals surface area contributed by atoms with Crippen molar-refractivity contribution < 1.29 is 43.9 Å². The number of rotatable bonds is 13. The first kappa shape index (κ1) is 38.9. The molecule has 0 bridgehead atoms. The zero-order valence-corrected chi connectivity index (χ0v) is 28.7. The molecule has 2 aliphatic heterocycles. The Morgan fingerprint density at radius 2 is 2.04 bits per heavy atom. The van der Waals surface area contributed by atoms with E-state index in [1.165, 1.54) is 12.0 Å². The zero-order chi connectivity index (χ0) is 33.9. The minimum Gasteiger partial charge on any atom is -0.457 e. The highest BCUT2D eigenvalue weighted by Crippen LogP contribution is 2.37. The second kappa shape index (κ2) is 17.6. The van der Waals surface area contributed by atoms with Crippen molar-refractivity contribution in [2.45, 2.75) is 121 Å². The van der Waals surface area contributed by atoms with Gasteiger partial charge in [-0.05, 0) is 58.7 Å². The molecule has 0 unspecified atom stereocenters. The highest BCUT2D eigenvalue weighted by atomic mass is 16.6. The minimum atomic E-state index is -1.14. The summed E-state index contributed by atoms with van der Waals surface area (Å²) in [5.74, 6) is -0.854. The van der Waals surface area contributed by atoms with Crippen LogP contribution >= 0.6 is 0 Å². The first-order chi connectivity index (χ1) is 21.1. The molecule has 1 saturated heterocycles. The van der Waals surface area contributed by atoms with Gasteiger partial charge in [0.2, 0.25) is 0 Å². The lowest BCUT2D eigenvalue weighted by atomic mass is 9.88. The van der Waals surface area contributed by atoms with Crippen LogP contribution in [0.2, 0.25) is 0 Å². The third-order valence-corrected chi connectivity index (χ3v) is 9.05. The number of carbonyl (C=O) groups excluding carboxylic acids is 2. The summed E-state index contributed by atoms with van der Waals surface area (Å²) < 4.78 is 23.4. The van der Waals surface area contributed by atoms with E-state index in [4.69, 9.17) is 18.9 Å². The van der Waals surface area contributed by atoms with E-state index in [9.17, 15) is 24.9 Å². The van der Waals surface area contributed by atoms with Gasteiger partial charge in [-0.1, -0.05) is 45.1 Å². The van der Waals surface area contributed by atoms with Crippen LogP contribution in [0, 0.1) is 11.8 Å². The third kappa shape index (κ3) is 12.1. The van der Waals surface area contributed by atoms with Crippen LogP contribution in [0.15, 0.2) is 36.0 Å². The Hall–Kier alpha value is -2.28. The van der Waals surface area contributed by atoms with Crippen molar-refractivity contribution in [1.82, 2.24) is 10.2 Å². The second-order valence-corrected chi connectivity index (χ2v) is 13.2. The number of hydrogen-bond donors (Lipinski definition) is 4. The number of cyclic esters (lactones) is 1. The molecule has 11 heteroatoms. The van der Waals surface area contributed by atoms with Crippen LogP contribution in [0.3, 0.4) is 0 Å². The number of nitrogens with one attached hydrogen (secondary N) is 1. The van der Waals surface area contributed by atoms with Crippen molar-refractivity contribution in [1.29, 1.82) is 0 Å². The quantitative estimate of drug-likeness (QED) is 0.102. The number of esters is 1. The summed E-state index contributed by atoms with van der Waals surface area (Å²) in [6.45, 7) is 12.2. The van der Waals surface area contributed by atoms with Gasteiger partial charge in [0.05, 0.1) is 36.4 Å². The van der Waals surface area contributed by atoms with Gasteiger partial charge in [-0.3, -0.25) is 4.79 Å². The van der Waals surface area contributed by atoms with Gasteiger partial charge in [0.15, 0.2) is 6.10 Å². The lowest BCUT2D eigenvalue weighted by Crippen LogP contribution is -2.46. The molecule has 2 aliphatic rings. The molecule has 0 aromatic carbocycles. The first-order valence-corrected chi connectivity index (χ1v) is 16.2. The molecular formula is C34H58N2O9. The lowest BCUT2D eigenvalue weighted by molar-refractivity contribution is -0.151. The van der Waals surface area contributed by atoms with Gasteiger partial charge in [-0.25, -0.2) is 4.79 Å². The summed E-state index contributed by atoms with van der Waals surface area (Å²) in [5.41, 5.74) is -1.37. The van der Waals surface area contributed by atoms with Gasteiger partial charge in [0, 0.05) is 45.5 Å². The predicted octanol–water partition coefficient (Wildman–Crippen LogP) is 3.51. The number of hydrogen-bond acceptors (Lipinski definition) is 10. The summed E-state index contributed by atoms with van der Waals surface area (Å²) in [6, 6.07) is 0. The van der Waals surface area contributed by atoms with Crippen LogP contribution in [0.4, 0.5) is 4.79 Å². The second-order valence-electron chi connectivity index (χ2n) is 13.2. The topological polar surface area (TPSA) is 150 Å². The normalized spacial score (nSPS) is 33.2. The molecule has 0 aliphatic carbocycles. The maximum Gasteiger partial charge on any atom is 0.410 e. The molecule has 0 spiro atoms. The minimum absolute atomic E-state index is 0.00472. The van der Waals surface area contributed by atoms with Crippen LogP contribution < -0.4 is 5.32 Å². The molecule has 4 N–H and O–H groups in total. The highest BCUT2D eigenvalue weighted by molar-refractivity contribution is 5.70. The Morgan fingerprint density at radius 3 is 2.67 bits per heavy atom. The van der Waals surface area contributed by atoms with E-state index in [0.29, 0.717) is 32.4 Å². The maximum atomic E-state index is 12.9. The van der Waals surface area contributed by atoms with Crippen LogP contribution in [0.1, 0.15) is 73.6 Å². The summed E-state index contributed by atoms with van der Waals surface area (Å²) >= 11 is 0. The summed E-state index contributed by atoms with van der Waals surface area (Å²) in [6.07, 6.45) is 6.72. The molecule has 45 heavy (non-hydrogen) atoms. The molecule has 1 fully saturated rings. The number of epoxide rings is 1. The fraction of sp³-hybridized carbons (Fsp3) is 0.765. The number of methoxy groups -OCH3 is 1. The van der Waals surface area contributed by atoms with Gasteiger partial charge in [-0.2, -0.15) is 0 Å². The zero-order valence-electron chi connectivity index (χ0n) is 28.7. The van der Waals surface area contributed by atoms with E-state index >= 15 is 0 Å². The monoisotopic (exact) mass is 638 g/mol. The smallest absolute Gasteiger partial charge is 0.410 e. The Kier molecular flexibility index (Phi) is 15.2. The van der Waals surface area contributed by atoms with E-state index in [1.807, 2.05) is 40.7 Å². The predicted molar refractivity (Wildman–Crippen MR) is 173 cm³/mol. The van der Waals surface area contributed by atoms with E-state index in [1.54, 1.807) is 45.3 Å². The summed E-state index contributed by atoms with van der Waals surface area (Å²) in [5, 5.41) is 34.8. The fourth-order valence-corrected chi connectivity index (χ4v) is 5.58. The third-order valence-electron chi connectivity index (χ3n) is 9.05. The number of aliphatic hydroxyl groups excluding tert-OH is 2. The fourth-order valence-electron chi connectivity index (χ4n) is 5.58. The number of aliphatic hydroxyl groups is 3. The van der Waals surface area contributed by atoms with E-state index < -0.39 is 47.7 Å². The number of carbonyl (C=O) groups is 2. The average Bonchev–Trinajstić information content (AvgIpc) is 3.75. The lowest BCUT2D eigenvalue weighted by Gasteiger charge is -2.36. The van der Waals surface area contributed by atoms with Crippen LogP contribution in [0.5, 0.6) is 0 Å². The van der Waals surface area contributed by atoms with Gasteiger partial charge in [0.1, 0.15) is 11.7 Å². The molecule has 258 valence electrons. The van der Waals surface area contributed by atoms with Crippen LogP contribution in [-0.2, 0) is 23.7 Å². The molecule has 11 nitrogen and oxygen atoms in total. The van der Waals surface area contributed by atoms with Gasteiger partial charge < -0.3 is 44.5 Å². The number of allylic oxidation sites excluding steroid dienone is 2. The molecular weight excluding hydrogens is 580 g/mol. The van der Waals surface area contributed by atoms with Crippen molar-refractivity contribution in [3.8, 4) is 0 Å². The molecule has 0 aromatic rings. The molecule has 0 radical (unpaired) electrons. The molecule has 10 atom stereocenters. The van der Waals surface area contributed by atoms with Gasteiger partial charge in [0.25, 0.3) is 0 Å². The van der Waals surface area contributed by atoms with Crippen molar-refractivity contribution in [3.63, 3.8) is 0 Å². The number of amides is 1. The molecule has 1 amide bonds. The average molecular weight is 639 g/mol. The van der Waals surface area contributed by atoms with E-state index in [0.717, 1.165) is 5.57 Å².